The molecule has 0 spiro atoms. The van der Waals surface area contributed by atoms with E-state index in [0.29, 0.717) is 11.1 Å². The van der Waals surface area contributed by atoms with Gasteiger partial charge >= 0.3 is 0 Å². The van der Waals surface area contributed by atoms with Crippen molar-refractivity contribution in [3.8, 4) is 11.8 Å². The molecule has 0 fully saturated rings. The van der Waals surface area contributed by atoms with Crippen molar-refractivity contribution in [2.75, 3.05) is 20.6 Å². The van der Waals surface area contributed by atoms with Crippen molar-refractivity contribution in [3.63, 3.8) is 0 Å². The van der Waals surface area contributed by atoms with Gasteiger partial charge in [-0.25, -0.2) is 8.42 Å². The minimum absolute atomic E-state index is 0.0182. The fraction of sp³-hybridized carbons (Fsp3) is 0.176. The Morgan fingerprint density at radius 2 is 1.92 bits per heavy atom. The Kier molecular flexibility index (Phi) is 5.68. The summed E-state index contributed by atoms with van der Waals surface area (Å²) in [6.07, 6.45) is 2.78. The summed E-state index contributed by atoms with van der Waals surface area (Å²) >= 11 is 0. The number of carbonyl (C=O) groups is 1. The summed E-state index contributed by atoms with van der Waals surface area (Å²) in [5, 5.41) is 0. The number of rotatable bonds is 4. The van der Waals surface area contributed by atoms with Crippen LogP contribution in [0.15, 0.2) is 53.7 Å². The maximum Gasteiger partial charge on any atom is 0.253 e. The number of carbonyl (C=O) groups excluding carboxylic acids is 1. The third kappa shape index (κ3) is 4.65. The molecule has 2 aromatic rings. The van der Waals surface area contributed by atoms with Crippen LogP contribution >= 0.6 is 0 Å². The zero-order valence-electron chi connectivity index (χ0n) is 13.4. The van der Waals surface area contributed by atoms with Crippen LogP contribution in [-0.4, -0.2) is 44.8 Å². The average molecular weight is 343 g/mol. The lowest BCUT2D eigenvalue weighted by Crippen LogP contribution is -2.24. The number of aromatic nitrogens is 1. The summed E-state index contributed by atoms with van der Waals surface area (Å²) in [6, 6.07) is 9.83. The molecular formula is C17H17N3O3S. The third-order valence-electron chi connectivity index (χ3n) is 3.07. The Hall–Kier alpha value is -2.69. The predicted molar refractivity (Wildman–Crippen MR) is 90.8 cm³/mol. The second-order valence-corrected chi connectivity index (χ2v) is 6.86. The van der Waals surface area contributed by atoms with Gasteiger partial charge < -0.3 is 4.90 Å². The lowest BCUT2D eigenvalue weighted by Gasteiger charge is -2.09. The summed E-state index contributed by atoms with van der Waals surface area (Å²) in [4.78, 5) is 17.1. The first-order valence-corrected chi connectivity index (χ1v) is 8.59. The van der Waals surface area contributed by atoms with Gasteiger partial charge in [-0.1, -0.05) is 11.8 Å². The molecule has 1 N–H and O–H groups in total. The summed E-state index contributed by atoms with van der Waals surface area (Å²) < 4.78 is 26.3. The number of pyridine rings is 1. The number of nitrogens with one attached hydrogen (secondary N) is 1. The molecule has 1 amide bonds. The highest BCUT2D eigenvalue weighted by atomic mass is 32.2. The van der Waals surface area contributed by atoms with Crippen LogP contribution in [0.5, 0.6) is 0 Å². The molecule has 0 aliphatic heterocycles. The first-order valence-electron chi connectivity index (χ1n) is 7.10. The largest absolute Gasteiger partial charge is 0.345 e. The van der Waals surface area contributed by atoms with Crippen molar-refractivity contribution in [1.82, 2.24) is 14.6 Å². The smallest absolute Gasteiger partial charge is 0.253 e. The highest BCUT2D eigenvalue weighted by molar-refractivity contribution is 7.89. The van der Waals surface area contributed by atoms with Crippen molar-refractivity contribution in [3.05, 3.63) is 59.9 Å². The lowest BCUT2D eigenvalue weighted by molar-refractivity contribution is 0.0827. The molecule has 1 aromatic heterocycles. The molecule has 0 unspecified atom stereocenters. The van der Waals surface area contributed by atoms with Crippen molar-refractivity contribution in [1.29, 1.82) is 0 Å². The van der Waals surface area contributed by atoms with E-state index in [4.69, 9.17) is 0 Å². The molecule has 1 heterocycles. The van der Waals surface area contributed by atoms with Gasteiger partial charge in [0.25, 0.3) is 5.91 Å². The molecule has 1 aromatic carbocycles. The van der Waals surface area contributed by atoms with Crippen molar-refractivity contribution >= 4 is 15.9 Å². The molecule has 124 valence electrons. The number of sulfonamides is 1. The van der Waals surface area contributed by atoms with Crippen LogP contribution in [0, 0.1) is 11.8 Å². The normalized spacial score (nSPS) is 10.6. The van der Waals surface area contributed by atoms with Crippen LogP contribution in [0.25, 0.3) is 0 Å². The topological polar surface area (TPSA) is 79.4 Å². The second-order valence-electron chi connectivity index (χ2n) is 5.09. The Morgan fingerprint density at radius 3 is 2.50 bits per heavy atom. The van der Waals surface area contributed by atoms with Crippen LogP contribution in [0.2, 0.25) is 0 Å². The number of amides is 1. The lowest BCUT2D eigenvalue weighted by atomic mass is 10.1. The predicted octanol–water partition coefficient (Wildman–Crippen LogP) is 1.11. The SMILES string of the molecule is CN(C)C(=O)c1ccc(C#CCNS(=O)(=O)c2cccnc2)cc1. The summed E-state index contributed by atoms with van der Waals surface area (Å²) in [5.41, 5.74) is 1.27. The molecule has 24 heavy (non-hydrogen) atoms. The Bertz CT molecular complexity index is 865. The van der Waals surface area contributed by atoms with E-state index in [1.165, 1.54) is 23.4 Å². The second kappa shape index (κ2) is 7.73. The number of hydrogen-bond acceptors (Lipinski definition) is 4. The molecule has 0 aliphatic rings. The molecule has 7 heteroatoms. The Balaban J connectivity index is 1.98. The molecule has 0 saturated heterocycles. The van der Waals surface area contributed by atoms with Gasteiger partial charge in [0, 0.05) is 37.6 Å². The molecule has 0 bridgehead atoms. The molecule has 6 nitrogen and oxygen atoms in total. The zero-order chi connectivity index (χ0) is 17.6. The van der Waals surface area contributed by atoms with Crippen molar-refractivity contribution in [2.24, 2.45) is 0 Å². The molecule has 0 radical (unpaired) electrons. The molecule has 0 aliphatic carbocycles. The number of nitrogens with zero attached hydrogens (tertiary/aromatic N) is 2. The Labute approximate surface area is 141 Å². The summed E-state index contributed by atoms with van der Waals surface area (Å²) in [5.74, 6) is 5.51. The van der Waals surface area contributed by atoms with E-state index in [1.807, 2.05) is 0 Å². The molecule has 0 saturated carbocycles. The van der Waals surface area contributed by atoms with Crippen molar-refractivity contribution < 1.29 is 13.2 Å². The van der Waals surface area contributed by atoms with E-state index in [2.05, 4.69) is 21.5 Å². The maximum absolute atomic E-state index is 12.0. The number of benzene rings is 1. The van der Waals surface area contributed by atoms with Gasteiger partial charge in [0.15, 0.2) is 0 Å². The van der Waals surface area contributed by atoms with Gasteiger partial charge in [0.05, 0.1) is 6.54 Å². The quantitative estimate of drug-likeness (QED) is 0.844. The number of hydrogen-bond donors (Lipinski definition) is 1. The van der Waals surface area contributed by atoms with E-state index >= 15 is 0 Å². The van der Waals surface area contributed by atoms with Crippen LogP contribution < -0.4 is 4.72 Å². The van der Waals surface area contributed by atoms with Crippen LogP contribution in [0.3, 0.4) is 0 Å². The third-order valence-corrected chi connectivity index (χ3v) is 4.45. The maximum atomic E-state index is 12.0. The van der Waals surface area contributed by atoms with E-state index < -0.39 is 10.0 Å². The summed E-state index contributed by atoms with van der Waals surface area (Å²) in [7, 11) is -0.237. The van der Waals surface area contributed by atoms with E-state index in [0.717, 1.165) is 0 Å². The van der Waals surface area contributed by atoms with Gasteiger partial charge in [0.1, 0.15) is 4.90 Å². The molecule has 0 atom stereocenters. The first-order chi connectivity index (χ1) is 11.4. The highest BCUT2D eigenvalue weighted by Crippen LogP contribution is 2.06. The van der Waals surface area contributed by atoms with Gasteiger partial charge in [-0.3, -0.25) is 9.78 Å². The average Bonchev–Trinajstić information content (AvgIpc) is 2.59. The van der Waals surface area contributed by atoms with Crippen LogP contribution in [0.1, 0.15) is 15.9 Å². The van der Waals surface area contributed by atoms with E-state index in [1.54, 1.807) is 44.4 Å². The molecular weight excluding hydrogens is 326 g/mol. The molecule has 2 rings (SSSR count). The highest BCUT2D eigenvalue weighted by Gasteiger charge is 2.11. The van der Waals surface area contributed by atoms with Crippen molar-refractivity contribution in [2.45, 2.75) is 4.90 Å². The zero-order valence-corrected chi connectivity index (χ0v) is 14.2. The fourth-order valence-corrected chi connectivity index (χ4v) is 2.71. The summed E-state index contributed by atoms with van der Waals surface area (Å²) in [6.45, 7) is -0.0182. The monoisotopic (exact) mass is 343 g/mol. The standard InChI is InChI=1S/C17H17N3O3S/c1-20(2)17(21)15-9-7-14(8-10-15)5-3-12-19-24(22,23)16-6-4-11-18-13-16/h4,6-11,13,19H,12H2,1-2H3. The Morgan fingerprint density at radius 1 is 1.21 bits per heavy atom. The van der Waals surface area contributed by atoms with Gasteiger partial charge in [-0.2, -0.15) is 4.72 Å². The fourth-order valence-electron chi connectivity index (χ4n) is 1.82. The minimum atomic E-state index is -3.61. The van der Waals surface area contributed by atoms with Crippen LogP contribution in [0.4, 0.5) is 0 Å². The van der Waals surface area contributed by atoms with Gasteiger partial charge in [-0.15, -0.1) is 0 Å². The first kappa shape index (κ1) is 17.7. The van der Waals surface area contributed by atoms with E-state index in [-0.39, 0.29) is 17.3 Å². The van der Waals surface area contributed by atoms with Gasteiger partial charge in [0.2, 0.25) is 10.0 Å². The van der Waals surface area contributed by atoms with Crippen LogP contribution in [-0.2, 0) is 10.0 Å². The van der Waals surface area contributed by atoms with E-state index in [9.17, 15) is 13.2 Å². The van der Waals surface area contributed by atoms with Gasteiger partial charge in [-0.05, 0) is 36.4 Å². The minimum Gasteiger partial charge on any atom is -0.345 e.